The van der Waals surface area contributed by atoms with Crippen LogP contribution < -0.4 is 20.1 Å². The normalized spacial score (nSPS) is 18.7. The molecule has 1 fully saturated rings. The van der Waals surface area contributed by atoms with Crippen LogP contribution in [0.1, 0.15) is 22.3 Å². The lowest BCUT2D eigenvalue weighted by atomic mass is 10.1. The van der Waals surface area contributed by atoms with Gasteiger partial charge in [0.15, 0.2) is 11.5 Å². The molecule has 8 nitrogen and oxygen atoms in total. The second-order valence-corrected chi connectivity index (χ2v) is 6.88. The lowest BCUT2D eigenvalue weighted by Crippen LogP contribution is -2.27. The molecule has 0 spiro atoms. The summed E-state index contributed by atoms with van der Waals surface area (Å²) in [4.78, 5) is 36.7. The number of hydrogen-bond donors (Lipinski definition) is 2. The number of para-hydroxylation sites is 1. The molecule has 2 N–H and O–H groups in total. The largest absolute Gasteiger partial charge is 0.465 e. The average Bonchev–Trinajstić information content (AvgIpc) is 3.42. The van der Waals surface area contributed by atoms with Crippen LogP contribution in [0.4, 0.5) is 5.69 Å². The molecule has 1 saturated carbocycles. The van der Waals surface area contributed by atoms with Gasteiger partial charge in [0.05, 0.1) is 30.2 Å². The Morgan fingerprint density at radius 3 is 2.62 bits per heavy atom. The van der Waals surface area contributed by atoms with Crippen LogP contribution in [0.3, 0.4) is 0 Å². The second kappa shape index (κ2) is 7.83. The maximum atomic E-state index is 12.5. The summed E-state index contributed by atoms with van der Waals surface area (Å²) in [5.74, 6) is -0.453. The minimum absolute atomic E-state index is 0.177. The maximum absolute atomic E-state index is 12.5. The van der Waals surface area contributed by atoms with Crippen molar-refractivity contribution in [2.45, 2.75) is 13.0 Å². The highest BCUT2D eigenvalue weighted by atomic mass is 16.7. The number of amides is 2. The van der Waals surface area contributed by atoms with Gasteiger partial charge in [-0.1, -0.05) is 18.2 Å². The van der Waals surface area contributed by atoms with E-state index in [1.54, 1.807) is 30.3 Å². The summed E-state index contributed by atoms with van der Waals surface area (Å²) in [7, 11) is 1.28. The SMILES string of the molecule is COC(=O)c1ccccc1NC(=O)C1CC1C(=O)NCc1ccc2c(c1)OCO2. The van der Waals surface area contributed by atoms with E-state index in [0.717, 1.165) is 5.56 Å². The molecule has 29 heavy (non-hydrogen) atoms. The molecule has 2 aromatic carbocycles. The minimum atomic E-state index is -0.533. The first-order valence-electron chi connectivity index (χ1n) is 9.21. The summed E-state index contributed by atoms with van der Waals surface area (Å²) >= 11 is 0. The van der Waals surface area contributed by atoms with E-state index in [1.807, 2.05) is 12.1 Å². The van der Waals surface area contributed by atoms with Gasteiger partial charge >= 0.3 is 5.97 Å². The van der Waals surface area contributed by atoms with E-state index in [-0.39, 0.29) is 30.1 Å². The van der Waals surface area contributed by atoms with Crippen molar-refractivity contribution in [1.29, 1.82) is 0 Å². The summed E-state index contributed by atoms with van der Waals surface area (Å²) in [6, 6.07) is 12.1. The molecule has 1 aliphatic carbocycles. The molecule has 0 bridgehead atoms. The molecular formula is C21H20N2O6. The first kappa shape index (κ1) is 18.8. The Labute approximate surface area is 167 Å². The monoisotopic (exact) mass is 396 g/mol. The number of fused-ring (bicyclic) bond motifs is 1. The Kier molecular flexibility index (Phi) is 5.07. The van der Waals surface area contributed by atoms with Crippen LogP contribution in [-0.2, 0) is 20.9 Å². The predicted octanol–water partition coefficient (Wildman–Crippen LogP) is 2.09. The number of esters is 1. The Morgan fingerprint density at radius 1 is 1.03 bits per heavy atom. The molecule has 0 radical (unpaired) electrons. The number of benzene rings is 2. The topological polar surface area (TPSA) is 103 Å². The third-order valence-corrected chi connectivity index (χ3v) is 4.96. The number of carbonyl (C=O) groups is 3. The van der Waals surface area contributed by atoms with Crippen molar-refractivity contribution in [3.63, 3.8) is 0 Å². The molecule has 2 amide bonds. The van der Waals surface area contributed by atoms with Crippen molar-refractivity contribution in [2.75, 3.05) is 19.2 Å². The summed E-state index contributed by atoms with van der Waals surface area (Å²) in [5, 5.41) is 5.57. The number of carbonyl (C=O) groups excluding carboxylic acids is 3. The minimum Gasteiger partial charge on any atom is -0.465 e. The number of methoxy groups -OCH3 is 1. The molecule has 4 rings (SSSR count). The van der Waals surface area contributed by atoms with Gasteiger partial charge in [-0.15, -0.1) is 0 Å². The van der Waals surface area contributed by atoms with Gasteiger partial charge in [0, 0.05) is 6.54 Å². The summed E-state index contributed by atoms with van der Waals surface area (Å²) in [5.41, 5.74) is 1.53. The molecule has 2 aliphatic rings. The van der Waals surface area contributed by atoms with E-state index in [9.17, 15) is 14.4 Å². The third kappa shape index (κ3) is 4.01. The van der Waals surface area contributed by atoms with Crippen molar-refractivity contribution < 1.29 is 28.6 Å². The molecule has 1 aliphatic heterocycles. The number of ether oxygens (including phenoxy) is 3. The lowest BCUT2D eigenvalue weighted by Gasteiger charge is -2.10. The van der Waals surface area contributed by atoms with E-state index in [2.05, 4.69) is 10.6 Å². The maximum Gasteiger partial charge on any atom is 0.339 e. The van der Waals surface area contributed by atoms with Gasteiger partial charge in [-0.3, -0.25) is 9.59 Å². The summed E-state index contributed by atoms with van der Waals surface area (Å²) in [6.07, 6.45) is 0.471. The molecule has 1 heterocycles. The highest BCUT2D eigenvalue weighted by Gasteiger charge is 2.48. The van der Waals surface area contributed by atoms with Crippen molar-refractivity contribution in [1.82, 2.24) is 5.32 Å². The first-order valence-corrected chi connectivity index (χ1v) is 9.21. The van der Waals surface area contributed by atoms with Crippen molar-refractivity contribution in [2.24, 2.45) is 11.8 Å². The number of hydrogen-bond acceptors (Lipinski definition) is 6. The van der Waals surface area contributed by atoms with Crippen LogP contribution in [-0.4, -0.2) is 31.7 Å². The molecule has 0 aromatic heterocycles. The van der Waals surface area contributed by atoms with Gasteiger partial charge < -0.3 is 24.8 Å². The van der Waals surface area contributed by atoms with Crippen molar-refractivity contribution in [3.05, 3.63) is 53.6 Å². The van der Waals surface area contributed by atoms with E-state index in [1.165, 1.54) is 7.11 Å². The van der Waals surface area contributed by atoms with Crippen LogP contribution >= 0.6 is 0 Å². The smallest absolute Gasteiger partial charge is 0.339 e. The molecule has 0 saturated heterocycles. The van der Waals surface area contributed by atoms with Crippen molar-refractivity contribution in [3.8, 4) is 11.5 Å². The Hall–Kier alpha value is -3.55. The van der Waals surface area contributed by atoms with Crippen LogP contribution in [0.5, 0.6) is 11.5 Å². The van der Waals surface area contributed by atoms with Crippen LogP contribution in [0, 0.1) is 11.8 Å². The highest BCUT2D eigenvalue weighted by molar-refractivity contribution is 6.04. The van der Waals surface area contributed by atoms with Gasteiger partial charge in [0.25, 0.3) is 0 Å². The van der Waals surface area contributed by atoms with Gasteiger partial charge in [0.1, 0.15) is 0 Å². The summed E-state index contributed by atoms with van der Waals surface area (Å²) in [6.45, 7) is 0.536. The zero-order valence-electron chi connectivity index (χ0n) is 15.8. The van der Waals surface area contributed by atoms with E-state index >= 15 is 0 Å². The molecular weight excluding hydrogens is 376 g/mol. The molecule has 2 aromatic rings. The zero-order valence-corrected chi connectivity index (χ0v) is 15.8. The third-order valence-electron chi connectivity index (χ3n) is 4.96. The fraction of sp³-hybridized carbons (Fsp3) is 0.286. The summed E-state index contributed by atoms with van der Waals surface area (Å²) < 4.78 is 15.3. The van der Waals surface area contributed by atoms with Crippen LogP contribution in [0.2, 0.25) is 0 Å². The second-order valence-electron chi connectivity index (χ2n) is 6.88. The predicted molar refractivity (Wildman–Crippen MR) is 102 cm³/mol. The molecule has 2 unspecified atom stereocenters. The van der Waals surface area contributed by atoms with Gasteiger partial charge in [-0.2, -0.15) is 0 Å². The fourth-order valence-electron chi connectivity index (χ4n) is 3.25. The number of nitrogens with one attached hydrogen (secondary N) is 2. The zero-order chi connectivity index (χ0) is 20.4. The van der Waals surface area contributed by atoms with E-state index < -0.39 is 11.9 Å². The molecule has 2 atom stereocenters. The fourth-order valence-corrected chi connectivity index (χ4v) is 3.25. The van der Waals surface area contributed by atoms with Gasteiger partial charge in [0.2, 0.25) is 18.6 Å². The first-order chi connectivity index (χ1) is 14.1. The average molecular weight is 396 g/mol. The molecule has 8 heteroatoms. The number of anilines is 1. The lowest BCUT2D eigenvalue weighted by molar-refractivity contribution is -0.125. The van der Waals surface area contributed by atoms with Crippen LogP contribution in [0.15, 0.2) is 42.5 Å². The Morgan fingerprint density at radius 2 is 1.79 bits per heavy atom. The molecule has 150 valence electrons. The van der Waals surface area contributed by atoms with E-state index in [4.69, 9.17) is 14.2 Å². The van der Waals surface area contributed by atoms with Crippen molar-refractivity contribution >= 4 is 23.5 Å². The van der Waals surface area contributed by atoms with Gasteiger partial charge in [-0.25, -0.2) is 4.79 Å². The van der Waals surface area contributed by atoms with Gasteiger partial charge in [-0.05, 0) is 36.2 Å². The highest BCUT2D eigenvalue weighted by Crippen LogP contribution is 2.40. The standard InChI is InChI=1S/C21H20N2O6/c1-27-21(26)13-4-2-3-5-16(13)23-20(25)15-9-14(15)19(24)22-10-12-6-7-17-18(8-12)29-11-28-17/h2-8,14-15H,9-11H2,1H3,(H,22,24)(H,23,25). The number of rotatable bonds is 6. The van der Waals surface area contributed by atoms with Crippen LogP contribution in [0.25, 0.3) is 0 Å². The Balaban J connectivity index is 1.31. The van der Waals surface area contributed by atoms with E-state index in [0.29, 0.717) is 30.2 Å². The quantitative estimate of drug-likeness (QED) is 0.725. The Bertz CT molecular complexity index is 973.